The minimum atomic E-state index is -0.771. The Morgan fingerprint density at radius 1 is 1.18 bits per heavy atom. The maximum absolute atomic E-state index is 12.0. The molecular formula is C19H17N3O6. The van der Waals surface area contributed by atoms with Gasteiger partial charge in [-0.15, -0.1) is 10.2 Å². The fraction of sp³-hybridized carbons (Fsp3) is 0.211. The van der Waals surface area contributed by atoms with Gasteiger partial charge in [0.2, 0.25) is 5.89 Å². The normalized spacial score (nSPS) is 11.6. The molecule has 0 spiro atoms. The number of nitrogens with zero attached hydrogens (tertiary/aromatic N) is 3. The number of hydrogen-bond donors (Lipinski definition) is 0. The molecule has 0 fully saturated rings. The highest BCUT2D eigenvalue weighted by molar-refractivity contribution is 5.71. The summed E-state index contributed by atoms with van der Waals surface area (Å²) in [5.41, 5.74) is 1.39. The number of carbonyl (C=O) groups excluding carboxylic acids is 1. The molecule has 0 unspecified atom stereocenters. The van der Waals surface area contributed by atoms with E-state index < -0.39 is 17.0 Å². The number of benzene rings is 2. The van der Waals surface area contributed by atoms with Gasteiger partial charge in [-0.3, -0.25) is 10.1 Å². The fourth-order valence-corrected chi connectivity index (χ4v) is 2.38. The monoisotopic (exact) mass is 383 g/mol. The smallest absolute Gasteiger partial charge is 0.344 e. The van der Waals surface area contributed by atoms with Crippen LogP contribution < -0.4 is 4.74 Å². The molecule has 0 aliphatic heterocycles. The van der Waals surface area contributed by atoms with Gasteiger partial charge in [-0.1, -0.05) is 18.2 Å². The van der Waals surface area contributed by atoms with Crippen LogP contribution in [-0.4, -0.2) is 27.7 Å². The zero-order valence-corrected chi connectivity index (χ0v) is 15.2. The van der Waals surface area contributed by atoms with E-state index in [-0.39, 0.29) is 24.1 Å². The van der Waals surface area contributed by atoms with Crippen molar-refractivity contribution < 1.29 is 23.6 Å². The number of hydrogen-bond acceptors (Lipinski definition) is 8. The first-order chi connectivity index (χ1) is 13.4. The molecule has 144 valence electrons. The van der Waals surface area contributed by atoms with Gasteiger partial charge in [-0.05, 0) is 37.6 Å². The molecule has 0 radical (unpaired) electrons. The highest BCUT2D eigenvalue weighted by Gasteiger charge is 2.20. The molecule has 1 aromatic heterocycles. The number of esters is 1. The van der Waals surface area contributed by atoms with Gasteiger partial charge in [0.1, 0.15) is 5.75 Å². The highest BCUT2D eigenvalue weighted by atomic mass is 16.6. The first-order valence-electron chi connectivity index (χ1n) is 8.40. The van der Waals surface area contributed by atoms with Crippen molar-refractivity contribution in [2.75, 3.05) is 6.61 Å². The Morgan fingerprint density at radius 2 is 1.89 bits per heavy atom. The van der Waals surface area contributed by atoms with Crippen LogP contribution in [0.15, 0.2) is 52.9 Å². The van der Waals surface area contributed by atoms with Crippen LogP contribution in [0.3, 0.4) is 0 Å². The van der Waals surface area contributed by atoms with E-state index in [1.807, 2.05) is 25.1 Å². The average Bonchev–Trinajstić information content (AvgIpc) is 3.18. The Kier molecular flexibility index (Phi) is 5.64. The van der Waals surface area contributed by atoms with Crippen LogP contribution in [0, 0.1) is 17.0 Å². The molecule has 0 N–H and O–H groups in total. The second kappa shape index (κ2) is 8.30. The summed E-state index contributed by atoms with van der Waals surface area (Å²) in [5, 5.41) is 18.5. The molecule has 0 amide bonds. The number of aryl methyl sites for hydroxylation is 1. The lowest BCUT2D eigenvalue weighted by Gasteiger charge is -2.11. The van der Waals surface area contributed by atoms with E-state index in [0.717, 1.165) is 5.56 Å². The van der Waals surface area contributed by atoms with E-state index in [0.29, 0.717) is 11.3 Å². The Balaban J connectivity index is 1.59. The van der Waals surface area contributed by atoms with Crippen LogP contribution in [0.2, 0.25) is 0 Å². The van der Waals surface area contributed by atoms with Crippen LogP contribution in [0.4, 0.5) is 5.69 Å². The van der Waals surface area contributed by atoms with E-state index in [1.165, 1.54) is 24.3 Å². The van der Waals surface area contributed by atoms with Gasteiger partial charge in [0.25, 0.3) is 11.6 Å². The van der Waals surface area contributed by atoms with Gasteiger partial charge >= 0.3 is 5.97 Å². The van der Waals surface area contributed by atoms with E-state index in [4.69, 9.17) is 13.9 Å². The Bertz CT molecular complexity index is 983. The molecule has 3 rings (SSSR count). The lowest BCUT2D eigenvalue weighted by atomic mass is 10.2. The lowest BCUT2D eigenvalue weighted by Crippen LogP contribution is -2.17. The molecule has 9 heteroatoms. The number of non-ortho nitro benzene ring substituents is 1. The quantitative estimate of drug-likeness (QED) is 0.345. The summed E-state index contributed by atoms with van der Waals surface area (Å²) in [7, 11) is 0. The maximum atomic E-state index is 12.0. The van der Waals surface area contributed by atoms with Crippen LogP contribution in [0.25, 0.3) is 11.5 Å². The third-order valence-corrected chi connectivity index (χ3v) is 3.86. The summed E-state index contributed by atoms with van der Waals surface area (Å²) in [4.78, 5) is 22.2. The summed E-state index contributed by atoms with van der Waals surface area (Å²) in [6.07, 6.45) is -0.771. The minimum Gasteiger partial charge on any atom is -0.482 e. The van der Waals surface area contributed by atoms with E-state index in [2.05, 4.69) is 10.2 Å². The van der Waals surface area contributed by atoms with Crippen molar-refractivity contribution in [2.24, 2.45) is 0 Å². The second-order valence-corrected chi connectivity index (χ2v) is 5.94. The number of para-hydroxylation sites is 1. The zero-order valence-electron chi connectivity index (χ0n) is 15.2. The van der Waals surface area contributed by atoms with Crippen LogP contribution in [0.5, 0.6) is 5.75 Å². The van der Waals surface area contributed by atoms with Crippen molar-refractivity contribution in [3.05, 3.63) is 70.1 Å². The predicted molar refractivity (Wildman–Crippen MR) is 97.6 cm³/mol. The van der Waals surface area contributed by atoms with Crippen molar-refractivity contribution in [2.45, 2.75) is 20.0 Å². The largest absolute Gasteiger partial charge is 0.482 e. The second-order valence-electron chi connectivity index (χ2n) is 5.94. The standard InChI is InChI=1S/C19H17N3O6/c1-12-5-3-4-6-16(12)26-11-17(23)27-13(2)18-20-21-19(28-18)14-7-9-15(10-8-14)22(24)25/h3-10,13H,11H2,1-2H3/t13-/m1/s1. The van der Waals surface area contributed by atoms with Crippen molar-refractivity contribution in [3.8, 4) is 17.2 Å². The van der Waals surface area contributed by atoms with Crippen LogP contribution >= 0.6 is 0 Å². The lowest BCUT2D eigenvalue weighted by molar-refractivity contribution is -0.384. The summed E-state index contributed by atoms with van der Waals surface area (Å²) in [5.74, 6) is 0.303. The third-order valence-electron chi connectivity index (χ3n) is 3.86. The van der Waals surface area contributed by atoms with Crippen LogP contribution in [0.1, 0.15) is 24.5 Å². The Hall–Kier alpha value is -3.75. The number of nitro benzene ring substituents is 1. The number of nitro groups is 1. The summed E-state index contributed by atoms with van der Waals surface area (Å²) >= 11 is 0. The van der Waals surface area contributed by atoms with Gasteiger partial charge in [-0.25, -0.2) is 4.79 Å². The van der Waals surface area contributed by atoms with Crippen molar-refractivity contribution in [1.82, 2.24) is 10.2 Å². The molecule has 1 heterocycles. The Morgan fingerprint density at radius 3 is 2.57 bits per heavy atom. The molecule has 0 aliphatic carbocycles. The molecule has 0 bridgehead atoms. The van der Waals surface area contributed by atoms with Crippen molar-refractivity contribution in [3.63, 3.8) is 0 Å². The molecule has 28 heavy (non-hydrogen) atoms. The summed E-state index contributed by atoms with van der Waals surface area (Å²) in [6, 6.07) is 13.0. The highest BCUT2D eigenvalue weighted by Crippen LogP contribution is 2.24. The maximum Gasteiger partial charge on any atom is 0.344 e. The van der Waals surface area contributed by atoms with Gasteiger partial charge in [-0.2, -0.15) is 0 Å². The number of carbonyl (C=O) groups is 1. The van der Waals surface area contributed by atoms with E-state index in [1.54, 1.807) is 13.0 Å². The predicted octanol–water partition coefficient (Wildman–Crippen LogP) is 3.64. The summed E-state index contributed by atoms with van der Waals surface area (Å²) in [6.45, 7) is 3.22. The van der Waals surface area contributed by atoms with Crippen molar-refractivity contribution >= 4 is 11.7 Å². The minimum absolute atomic E-state index is 0.0422. The van der Waals surface area contributed by atoms with Gasteiger partial charge in [0.05, 0.1) is 4.92 Å². The molecule has 0 aliphatic rings. The fourth-order valence-electron chi connectivity index (χ4n) is 2.38. The number of aromatic nitrogens is 2. The molecule has 1 atom stereocenters. The molecular weight excluding hydrogens is 366 g/mol. The van der Waals surface area contributed by atoms with Crippen molar-refractivity contribution in [1.29, 1.82) is 0 Å². The average molecular weight is 383 g/mol. The van der Waals surface area contributed by atoms with E-state index >= 15 is 0 Å². The third kappa shape index (κ3) is 4.50. The van der Waals surface area contributed by atoms with Gasteiger partial charge in [0, 0.05) is 17.7 Å². The van der Waals surface area contributed by atoms with Crippen LogP contribution in [-0.2, 0) is 9.53 Å². The Labute approximate surface area is 160 Å². The molecule has 3 aromatic rings. The number of ether oxygens (including phenoxy) is 2. The SMILES string of the molecule is Cc1ccccc1OCC(=O)O[C@H](C)c1nnc(-c2ccc([N+](=O)[O-])cc2)o1. The van der Waals surface area contributed by atoms with E-state index in [9.17, 15) is 14.9 Å². The topological polar surface area (TPSA) is 118 Å². The molecule has 0 saturated carbocycles. The summed E-state index contributed by atoms with van der Waals surface area (Å²) < 4.78 is 16.2. The zero-order chi connectivity index (χ0) is 20.1. The molecule has 2 aromatic carbocycles. The van der Waals surface area contributed by atoms with Gasteiger partial charge in [0.15, 0.2) is 12.7 Å². The number of rotatable bonds is 7. The first kappa shape index (κ1) is 19.0. The molecule has 9 nitrogen and oxygen atoms in total. The molecule has 0 saturated heterocycles. The first-order valence-corrected chi connectivity index (χ1v) is 8.40. The van der Waals surface area contributed by atoms with Gasteiger partial charge < -0.3 is 13.9 Å².